The minimum absolute atomic E-state index is 0.523. The van der Waals surface area contributed by atoms with Crippen LogP contribution in [0.2, 0.25) is 10.0 Å². The van der Waals surface area contributed by atoms with Crippen LogP contribution in [0.4, 0.5) is 11.5 Å². The maximum Gasteiger partial charge on any atom is 0.132 e. The first kappa shape index (κ1) is 17.1. The van der Waals surface area contributed by atoms with E-state index in [9.17, 15) is 0 Å². The Bertz CT molecular complexity index is 895. The van der Waals surface area contributed by atoms with Crippen molar-refractivity contribution < 1.29 is 0 Å². The Morgan fingerprint density at radius 3 is 2.23 bits per heavy atom. The number of nitrogens with zero attached hydrogens (tertiary/aromatic N) is 5. The third kappa shape index (κ3) is 3.59. The fraction of sp³-hybridized carbons (Fsp3) is 0.211. The first-order chi connectivity index (χ1) is 12.7. The monoisotopic (exact) mass is 385 g/mol. The average molecular weight is 386 g/mol. The van der Waals surface area contributed by atoms with Crippen LogP contribution in [0.25, 0.3) is 11.3 Å². The molecule has 1 saturated heterocycles. The van der Waals surface area contributed by atoms with Crippen LogP contribution >= 0.6 is 23.2 Å². The van der Waals surface area contributed by atoms with Gasteiger partial charge in [-0.3, -0.25) is 4.98 Å². The normalized spacial score (nSPS) is 14.5. The van der Waals surface area contributed by atoms with Crippen molar-refractivity contribution in [3.8, 4) is 11.3 Å². The molecule has 1 aliphatic heterocycles. The third-order valence-corrected chi connectivity index (χ3v) is 5.24. The summed E-state index contributed by atoms with van der Waals surface area (Å²) in [6.07, 6.45) is 5.26. The Morgan fingerprint density at radius 1 is 0.769 bits per heavy atom. The Hall–Kier alpha value is -2.37. The highest BCUT2D eigenvalue weighted by molar-refractivity contribution is 6.42. The van der Waals surface area contributed by atoms with Crippen molar-refractivity contribution in [3.05, 3.63) is 65.2 Å². The lowest BCUT2D eigenvalue weighted by atomic mass is 10.1. The lowest BCUT2D eigenvalue weighted by molar-refractivity contribution is 0.646. The number of aromatic nitrogens is 3. The molecule has 1 aromatic carbocycles. The maximum atomic E-state index is 6.13. The standard InChI is InChI=1S/C19H17Cl2N5/c20-16-2-1-14(11-17(16)21)18-12-19(24-13-23-18)26-9-7-25(8-10-26)15-3-5-22-6-4-15/h1-6,11-13H,7-10H2. The van der Waals surface area contributed by atoms with Gasteiger partial charge in [0.2, 0.25) is 0 Å². The van der Waals surface area contributed by atoms with Gasteiger partial charge in [0.25, 0.3) is 0 Å². The van der Waals surface area contributed by atoms with Gasteiger partial charge in [-0.05, 0) is 24.3 Å². The molecule has 132 valence electrons. The molecule has 0 unspecified atom stereocenters. The van der Waals surface area contributed by atoms with Gasteiger partial charge < -0.3 is 9.80 Å². The van der Waals surface area contributed by atoms with Crippen LogP contribution in [0, 0.1) is 0 Å². The van der Waals surface area contributed by atoms with Gasteiger partial charge in [-0.25, -0.2) is 9.97 Å². The number of hydrogen-bond acceptors (Lipinski definition) is 5. The van der Waals surface area contributed by atoms with Crippen LogP contribution in [-0.2, 0) is 0 Å². The van der Waals surface area contributed by atoms with Gasteiger partial charge in [0.15, 0.2) is 0 Å². The van der Waals surface area contributed by atoms with E-state index in [4.69, 9.17) is 23.2 Å². The van der Waals surface area contributed by atoms with Crippen molar-refractivity contribution in [2.24, 2.45) is 0 Å². The van der Waals surface area contributed by atoms with Crippen molar-refractivity contribution in [1.29, 1.82) is 0 Å². The summed E-state index contributed by atoms with van der Waals surface area (Å²) >= 11 is 12.1. The predicted molar refractivity (Wildman–Crippen MR) is 106 cm³/mol. The number of piperazine rings is 1. The third-order valence-electron chi connectivity index (χ3n) is 4.50. The fourth-order valence-electron chi connectivity index (χ4n) is 3.08. The zero-order valence-corrected chi connectivity index (χ0v) is 15.5. The van der Waals surface area contributed by atoms with Crippen LogP contribution in [0.1, 0.15) is 0 Å². The molecule has 0 spiro atoms. The smallest absolute Gasteiger partial charge is 0.132 e. The van der Waals surface area contributed by atoms with Gasteiger partial charge in [0.1, 0.15) is 12.1 Å². The highest BCUT2D eigenvalue weighted by atomic mass is 35.5. The van der Waals surface area contributed by atoms with E-state index in [0.717, 1.165) is 43.3 Å². The van der Waals surface area contributed by atoms with E-state index in [-0.39, 0.29) is 0 Å². The first-order valence-corrected chi connectivity index (χ1v) is 9.14. The zero-order chi connectivity index (χ0) is 17.9. The van der Waals surface area contributed by atoms with E-state index in [1.165, 1.54) is 5.69 Å². The topological polar surface area (TPSA) is 45.2 Å². The second-order valence-corrected chi connectivity index (χ2v) is 6.88. The van der Waals surface area contributed by atoms with E-state index < -0.39 is 0 Å². The van der Waals surface area contributed by atoms with E-state index in [2.05, 4.69) is 24.8 Å². The van der Waals surface area contributed by atoms with Crippen LogP contribution < -0.4 is 9.80 Å². The summed E-state index contributed by atoms with van der Waals surface area (Å²) in [7, 11) is 0. The van der Waals surface area contributed by atoms with Crippen LogP contribution in [0.3, 0.4) is 0 Å². The molecule has 1 aliphatic rings. The van der Waals surface area contributed by atoms with Gasteiger partial charge in [0, 0.05) is 55.9 Å². The second kappa shape index (κ2) is 7.48. The quantitative estimate of drug-likeness (QED) is 0.676. The number of benzene rings is 1. The van der Waals surface area contributed by atoms with Crippen molar-refractivity contribution >= 4 is 34.7 Å². The largest absolute Gasteiger partial charge is 0.368 e. The fourth-order valence-corrected chi connectivity index (χ4v) is 3.38. The van der Waals surface area contributed by atoms with Crippen LogP contribution in [0.15, 0.2) is 55.1 Å². The predicted octanol–water partition coefficient (Wildman–Crippen LogP) is 4.17. The molecule has 0 saturated carbocycles. The molecule has 0 aliphatic carbocycles. The molecule has 3 heterocycles. The van der Waals surface area contributed by atoms with Gasteiger partial charge in [-0.1, -0.05) is 29.3 Å². The van der Waals surface area contributed by atoms with Gasteiger partial charge in [-0.15, -0.1) is 0 Å². The minimum atomic E-state index is 0.523. The summed E-state index contributed by atoms with van der Waals surface area (Å²) in [4.78, 5) is 17.6. The van der Waals surface area contributed by atoms with Crippen LogP contribution in [0.5, 0.6) is 0 Å². The second-order valence-electron chi connectivity index (χ2n) is 6.07. The summed E-state index contributed by atoms with van der Waals surface area (Å²) in [5, 5.41) is 1.06. The first-order valence-electron chi connectivity index (χ1n) is 8.38. The number of anilines is 2. The lowest BCUT2D eigenvalue weighted by Crippen LogP contribution is -2.46. The molecule has 7 heteroatoms. The summed E-state index contributed by atoms with van der Waals surface area (Å²) < 4.78 is 0. The number of hydrogen-bond donors (Lipinski definition) is 0. The Balaban J connectivity index is 1.50. The van der Waals surface area contributed by atoms with Crippen LogP contribution in [-0.4, -0.2) is 41.1 Å². The molecule has 3 aromatic rings. The molecule has 0 N–H and O–H groups in total. The molecule has 0 bridgehead atoms. The highest BCUT2D eigenvalue weighted by Gasteiger charge is 2.19. The molecular formula is C19H17Cl2N5. The maximum absolute atomic E-state index is 6.13. The molecule has 0 atom stereocenters. The van der Waals surface area contributed by atoms with E-state index in [0.29, 0.717) is 10.0 Å². The SMILES string of the molecule is Clc1ccc(-c2cc(N3CCN(c4ccncc4)CC3)ncn2)cc1Cl. The number of rotatable bonds is 3. The average Bonchev–Trinajstić information content (AvgIpc) is 2.71. The molecule has 26 heavy (non-hydrogen) atoms. The Kier molecular flexibility index (Phi) is 4.91. The Labute approximate surface area is 162 Å². The van der Waals surface area contributed by atoms with E-state index in [1.807, 2.05) is 42.7 Å². The zero-order valence-electron chi connectivity index (χ0n) is 14.0. The molecular weight excluding hydrogens is 369 g/mol. The molecule has 2 aromatic heterocycles. The Morgan fingerprint density at radius 2 is 1.50 bits per heavy atom. The summed E-state index contributed by atoms with van der Waals surface area (Å²) in [6.45, 7) is 3.69. The summed E-state index contributed by atoms with van der Waals surface area (Å²) in [5.74, 6) is 0.926. The van der Waals surface area contributed by atoms with Crippen molar-refractivity contribution in [2.75, 3.05) is 36.0 Å². The molecule has 4 rings (SSSR count). The summed E-state index contributed by atoms with van der Waals surface area (Å²) in [6, 6.07) is 11.6. The number of pyridine rings is 1. The molecule has 1 fully saturated rings. The minimum Gasteiger partial charge on any atom is -0.368 e. The van der Waals surface area contributed by atoms with Crippen molar-refractivity contribution in [1.82, 2.24) is 15.0 Å². The van der Waals surface area contributed by atoms with Crippen molar-refractivity contribution in [3.63, 3.8) is 0 Å². The molecule has 5 nitrogen and oxygen atoms in total. The van der Waals surface area contributed by atoms with Gasteiger partial charge >= 0.3 is 0 Å². The molecule has 0 radical (unpaired) electrons. The van der Waals surface area contributed by atoms with E-state index in [1.54, 1.807) is 12.4 Å². The van der Waals surface area contributed by atoms with E-state index >= 15 is 0 Å². The van der Waals surface area contributed by atoms with Crippen molar-refractivity contribution in [2.45, 2.75) is 0 Å². The molecule has 0 amide bonds. The lowest BCUT2D eigenvalue weighted by Gasteiger charge is -2.36. The highest BCUT2D eigenvalue weighted by Crippen LogP contribution is 2.29. The van der Waals surface area contributed by atoms with Gasteiger partial charge in [-0.2, -0.15) is 0 Å². The summed E-state index contributed by atoms with van der Waals surface area (Å²) in [5.41, 5.74) is 2.97. The van der Waals surface area contributed by atoms with Gasteiger partial charge in [0.05, 0.1) is 15.7 Å². The number of halogens is 2.